The predicted octanol–water partition coefficient (Wildman–Crippen LogP) is -1.48. The Kier molecular flexibility index (Phi) is 10.1. The average Bonchev–Trinajstić information content (AvgIpc) is 0.722. The fraction of sp³-hybridized carbons (Fsp3) is 0. The molecule has 0 heterocycles. The molecule has 0 saturated carbocycles. The molecule has 0 aromatic rings. The first-order chi connectivity index (χ1) is 2.00. The van der Waals surface area contributed by atoms with Gasteiger partial charge in [-0.3, -0.25) is 9.11 Å². The number of hydrogen-bond donors (Lipinski definition) is 2. The van der Waals surface area contributed by atoms with Gasteiger partial charge in [0.25, 0.3) is 0 Å². The van der Waals surface area contributed by atoms with Crippen LogP contribution in [0.15, 0.2) is 0 Å². The van der Waals surface area contributed by atoms with Gasteiger partial charge >= 0.3 is 10.4 Å². The summed E-state index contributed by atoms with van der Waals surface area (Å²) < 4.78 is 31.6. The van der Waals surface area contributed by atoms with Crippen LogP contribution in [0.4, 0.5) is 0 Å². The van der Waals surface area contributed by atoms with Crippen molar-refractivity contribution >= 4 is 10.4 Å². The van der Waals surface area contributed by atoms with Crippen LogP contribution in [0.5, 0.6) is 0 Å². The van der Waals surface area contributed by atoms with Gasteiger partial charge in [-0.25, -0.2) is 0 Å². The van der Waals surface area contributed by atoms with E-state index in [0.717, 1.165) is 0 Å². The minimum absolute atomic E-state index is 0. The maximum atomic E-state index is 8.74. The average molecular weight is 180 g/mol. The maximum Gasteiger partial charge on any atom is 0.394 e. The normalized spacial score (nSPS) is 8.29. The topological polar surface area (TPSA) is 106 Å². The molecule has 4 N–H and O–H groups in total. The van der Waals surface area contributed by atoms with E-state index in [2.05, 4.69) is 0 Å². The Morgan fingerprint density at radius 1 is 1.14 bits per heavy atom. The van der Waals surface area contributed by atoms with Gasteiger partial charge in [-0.15, -0.1) is 0 Å². The van der Waals surface area contributed by atoms with Gasteiger partial charge in [0.1, 0.15) is 0 Å². The van der Waals surface area contributed by atoms with Crippen molar-refractivity contribution in [3.63, 3.8) is 0 Å². The van der Waals surface area contributed by atoms with Crippen LogP contribution in [0.25, 0.3) is 0 Å². The molecule has 1 radical (unpaired) electrons. The van der Waals surface area contributed by atoms with Crippen LogP contribution in [0.2, 0.25) is 0 Å². The molecule has 0 aromatic carbocycles. The van der Waals surface area contributed by atoms with Crippen molar-refractivity contribution in [3.8, 4) is 0 Å². The van der Waals surface area contributed by atoms with Crippen LogP contribution in [0, 0.1) is 0 Å². The van der Waals surface area contributed by atoms with Gasteiger partial charge in [-0.1, -0.05) is 0 Å². The molecule has 0 rings (SSSR count). The summed E-state index contributed by atoms with van der Waals surface area (Å²) in [6.07, 6.45) is 0. The third-order valence-electron chi connectivity index (χ3n) is 0. The van der Waals surface area contributed by atoms with Gasteiger partial charge in [-0.2, -0.15) is 8.42 Å². The molecule has 0 aromatic heterocycles. The molecule has 51 valence electrons. The Labute approximate surface area is 51.1 Å². The molecule has 7 heteroatoms. The number of rotatable bonds is 0. The van der Waals surface area contributed by atoms with Crippen LogP contribution in [0.1, 0.15) is 0 Å². The van der Waals surface area contributed by atoms with Crippen molar-refractivity contribution in [3.05, 3.63) is 0 Å². The van der Waals surface area contributed by atoms with Gasteiger partial charge in [0.05, 0.1) is 0 Å². The van der Waals surface area contributed by atoms with Gasteiger partial charge < -0.3 is 5.48 Å². The Bertz CT molecular complexity index is 91.2. The van der Waals surface area contributed by atoms with Crippen molar-refractivity contribution < 1.29 is 40.1 Å². The quantitative estimate of drug-likeness (QED) is 0.349. The molecule has 0 spiro atoms. The van der Waals surface area contributed by atoms with E-state index in [-0.39, 0.29) is 22.5 Å². The molecule has 7 heavy (non-hydrogen) atoms. The van der Waals surface area contributed by atoms with Gasteiger partial charge in [0.15, 0.2) is 0 Å². The first kappa shape index (κ1) is 15.7. The number of hydrogen-bond acceptors (Lipinski definition) is 2. The molecule has 0 unspecified atom stereocenters. The first-order valence-corrected chi connectivity index (χ1v) is 2.10. The summed E-state index contributed by atoms with van der Waals surface area (Å²) in [7, 11) is -4.67. The SMILES string of the molecule is O.O=S(=O)(O)O.[Cu]. The predicted molar refractivity (Wildman–Crippen MR) is 17.8 cm³/mol. The molecule has 0 aliphatic rings. The van der Waals surface area contributed by atoms with Crippen molar-refractivity contribution in [2.24, 2.45) is 0 Å². The van der Waals surface area contributed by atoms with Crippen LogP contribution in [-0.2, 0) is 27.5 Å². The van der Waals surface area contributed by atoms with E-state index in [9.17, 15) is 0 Å². The summed E-state index contributed by atoms with van der Waals surface area (Å²) in [4.78, 5) is 0. The van der Waals surface area contributed by atoms with Crippen LogP contribution < -0.4 is 0 Å². The molecular formula is H4CuO5S. The Morgan fingerprint density at radius 2 is 1.14 bits per heavy atom. The second-order valence-electron chi connectivity index (χ2n) is 0.448. The molecule has 0 aliphatic heterocycles. The summed E-state index contributed by atoms with van der Waals surface area (Å²) in [6.45, 7) is 0. The third kappa shape index (κ3) is 983. The van der Waals surface area contributed by atoms with Crippen LogP contribution in [-0.4, -0.2) is 23.0 Å². The Hall–Kier alpha value is 0.349. The molecular weight excluding hydrogens is 176 g/mol. The largest absolute Gasteiger partial charge is 0.412 e. The fourth-order valence-electron chi connectivity index (χ4n) is 0. The van der Waals surface area contributed by atoms with E-state index in [1.807, 2.05) is 0 Å². The van der Waals surface area contributed by atoms with Crippen molar-refractivity contribution in [2.75, 3.05) is 0 Å². The molecule has 0 fully saturated rings. The maximum absolute atomic E-state index is 8.74. The van der Waals surface area contributed by atoms with Crippen molar-refractivity contribution in [2.45, 2.75) is 0 Å². The molecule has 5 nitrogen and oxygen atoms in total. The van der Waals surface area contributed by atoms with Crippen LogP contribution >= 0.6 is 0 Å². The van der Waals surface area contributed by atoms with Crippen molar-refractivity contribution in [1.29, 1.82) is 0 Å². The minimum atomic E-state index is -4.67. The van der Waals surface area contributed by atoms with Gasteiger partial charge in [0, 0.05) is 17.1 Å². The zero-order valence-corrected chi connectivity index (χ0v) is 4.68. The summed E-state index contributed by atoms with van der Waals surface area (Å²) in [5.74, 6) is 0. The zero-order chi connectivity index (χ0) is 4.50. The van der Waals surface area contributed by atoms with Gasteiger partial charge in [0.2, 0.25) is 0 Å². The van der Waals surface area contributed by atoms with E-state index in [1.165, 1.54) is 0 Å². The smallest absolute Gasteiger partial charge is 0.394 e. The summed E-state index contributed by atoms with van der Waals surface area (Å²) in [5.41, 5.74) is 0. The van der Waals surface area contributed by atoms with Crippen molar-refractivity contribution in [1.82, 2.24) is 0 Å². The molecule has 0 amide bonds. The van der Waals surface area contributed by atoms with E-state index < -0.39 is 10.4 Å². The zero-order valence-electron chi connectivity index (χ0n) is 2.92. The monoisotopic (exact) mass is 179 g/mol. The standard InChI is InChI=1S/Cu.H2O4S.H2O/c;1-5(2,3)4;/h;(H2,1,2,3,4);1H2. The summed E-state index contributed by atoms with van der Waals surface area (Å²) >= 11 is 0. The molecule has 0 saturated heterocycles. The Morgan fingerprint density at radius 3 is 1.14 bits per heavy atom. The van der Waals surface area contributed by atoms with E-state index in [1.54, 1.807) is 0 Å². The molecule has 0 aliphatic carbocycles. The first-order valence-electron chi connectivity index (χ1n) is 0.698. The Balaban J connectivity index is -0.0000000800. The second kappa shape index (κ2) is 4.51. The van der Waals surface area contributed by atoms with E-state index >= 15 is 0 Å². The minimum Gasteiger partial charge on any atom is -0.412 e. The summed E-state index contributed by atoms with van der Waals surface area (Å²) in [5, 5.41) is 0. The van der Waals surface area contributed by atoms with E-state index in [4.69, 9.17) is 17.5 Å². The second-order valence-corrected chi connectivity index (χ2v) is 1.34. The fourth-order valence-corrected chi connectivity index (χ4v) is 0. The third-order valence-corrected chi connectivity index (χ3v) is 0. The molecule has 0 atom stereocenters. The van der Waals surface area contributed by atoms with Gasteiger partial charge in [-0.05, 0) is 0 Å². The summed E-state index contributed by atoms with van der Waals surface area (Å²) in [6, 6.07) is 0. The van der Waals surface area contributed by atoms with E-state index in [0.29, 0.717) is 0 Å². The van der Waals surface area contributed by atoms with Crippen LogP contribution in [0.3, 0.4) is 0 Å². The molecule has 0 bridgehead atoms.